The Morgan fingerprint density at radius 1 is 1.07 bits per heavy atom. The number of benzene rings is 2. The zero-order valence-electron chi connectivity index (χ0n) is 16.5. The van der Waals surface area contributed by atoms with Crippen LogP contribution in [-0.2, 0) is 32.0 Å². The van der Waals surface area contributed by atoms with Gasteiger partial charge in [0.25, 0.3) is 0 Å². The number of hydrogen-bond acceptors (Lipinski definition) is 4. The van der Waals surface area contributed by atoms with Gasteiger partial charge in [-0.15, -0.1) is 0 Å². The Bertz CT molecular complexity index is 982. The second kappa shape index (κ2) is 9.65. The maximum Gasteiger partial charge on any atom is 0.243 e. The number of aryl methyl sites for hydroxylation is 1. The van der Waals surface area contributed by atoms with Crippen molar-refractivity contribution in [1.29, 1.82) is 0 Å². The molecule has 2 aromatic carbocycles. The lowest BCUT2D eigenvalue weighted by Gasteiger charge is -2.25. The summed E-state index contributed by atoms with van der Waals surface area (Å²) >= 11 is 0. The smallest absolute Gasteiger partial charge is 0.243 e. The maximum absolute atomic E-state index is 12.7. The molecule has 1 aliphatic rings. The zero-order valence-corrected chi connectivity index (χ0v) is 18.1. The number of nitrogens with one attached hydrogen (secondary N) is 1. The molecule has 1 fully saturated rings. The van der Waals surface area contributed by atoms with Gasteiger partial charge >= 0.3 is 0 Å². The molecule has 29 heavy (non-hydrogen) atoms. The first-order chi connectivity index (χ1) is 13.9. The van der Waals surface area contributed by atoms with Crippen LogP contribution in [-0.4, -0.2) is 42.2 Å². The Hall–Kier alpha value is -2.03. The van der Waals surface area contributed by atoms with E-state index in [1.165, 1.54) is 0 Å². The van der Waals surface area contributed by atoms with E-state index in [1.807, 2.05) is 0 Å². The molecular weight excluding hydrogens is 408 g/mol. The van der Waals surface area contributed by atoms with Crippen LogP contribution in [0, 0.1) is 0 Å². The minimum absolute atomic E-state index is 0.144. The number of nitrogens with zero attached hydrogens (tertiary/aromatic N) is 1. The standard InChI is InChI=1S/C21H26N2O4S2/c1-28(25)19-7-5-6-18(16-19)22-21(24)13-10-17-8-11-20(12-9-17)29(26,27)23-14-3-2-4-15-23/h5-9,11-12,16H,2-4,10,13-15H2,1H3,(H,22,24). The van der Waals surface area contributed by atoms with Gasteiger partial charge in [0.05, 0.1) is 4.90 Å². The molecule has 2 aromatic rings. The third-order valence-corrected chi connectivity index (χ3v) is 7.80. The van der Waals surface area contributed by atoms with Gasteiger partial charge in [-0.1, -0.05) is 24.6 Å². The summed E-state index contributed by atoms with van der Waals surface area (Å²) in [7, 11) is -4.54. The number of anilines is 1. The predicted octanol–water partition coefficient (Wildman–Crippen LogP) is 3.17. The van der Waals surface area contributed by atoms with Gasteiger partial charge < -0.3 is 5.32 Å². The third-order valence-electron chi connectivity index (χ3n) is 4.97. The monoisotopic (exact) mass is 434 g/mol. The highest BCUT2D eigenvalue weighted by atomic mass is 32.2. The van der Waals surface area contributed by atoms with Gasteiger partial charge in [0, 0.05) is 47.1 Å². The molecule has 1 atom stereocenters. The van der Waals surface area contributed by atoms with Gasteiger partial charge in [-0.25, -0.2) is 8.42 Å². The van der Waals surface area contributed by atoms with Gasteiger partial charge in [0.1, 0.15) is 0 Å². The van der Waals surface area contributed by atoms with E-state index in [-0.39, 0.29) is 12.3 Å². The molecule has 0 radical (unpaired) electrons. The lowest BCUT2D eigenvalue weighted by molar-refractivity contribution is -0.116. The van der Waals surface area contributed by atoms with E-state index >= 15 is 0 Å². The Balaban J connectivity index is 1.56. The van der Waals surface area contributed by atoms with Crippen molar-refractivity contribution >= 4 is 32.4 Å². The van der Waals surface area contributed by atoms with Crippen molar-refractivity contribution in [3.05, 3.63) is 54.1 Å². The average Bonchev–Trinajstić information content (AvgIpc) is 2.73. The Morgan fingerprint density at radius 2 is 1.76 bits per heavy atom. The van der Waals surface area contributed by atoms with Crippen LogP contribution >= 0.6 is 0 Å². The molecule has 8 heteroatoms. The highest BCUT2D eigenvalue weighted by Gasteiger charge is 2.25. The highest BCUT2D eigenvalue weighted by molar-refractivity contribution is 7.89. The van der Waals surface area contributed by atoms with Gasteiger partial charge in [-0.3, -0.25) is 9.00 Å². The van der Waals surface area contributed by atoms with Crippen LogP contribution in [0.2, 0.25) is 0 Å². The number of sulfonamides is 1. The maximum atomic E-state index is 12.7. The lowest BCUT2D eigenvalue weighted by Crippen LogP contribution is -2.35. The second-order valence-corrected chi connectivity index (χ2v) is 10.5. The van der Waals surface area contributed by atoms with Crippen LogP contribution in [0.1, 0.15) is 31.2 Å². The summed E-state index contributed by atoms with van der Waals surface area (Å²) < 4.78 is 38.5. The van der Waals surface area contributed by atoms with Crippen LogP contribution in [0.25, 0.3) is 0 Å². The molecule has 0 spiro atoms. The number of rotatable bonds is 7. The lowest BCUT2D eigenvalue weighted by atomic mass is 10.1. The first-order valence-corrected chi connectivity index (χ1v) is 12.7. The summed E-state index contributed by atoms with van der Waals surface area (Å²) in [6.45, 7) is 1.16. The van der Waals surface area contributed by atoms with Crippen LogP contribution in [0.3, 0.4) is 0 Å². The highest BCUT2D eigenvalue weighted by Crippen LogP contribution is 2.21. The van der Waals surface area contributed by atoms with Crippen molar-refractivity contribution in [2.75, 3.05) is 24.7 Å². The van der Waals surface area contributed by atoms with Crippen molar-refractivity contribution < 1.29 is 17.4 Å². The number of carbonyl (C=O) groups is 1. The quantitative estimate of drug-likeness (QED) is 0.726. The molecule has 1 amide bonds. The fourth-order valence-electron chi connectivity index (χ4n) is 3.32. The molecule has 3 rings (SSSR count). The molecule has 1 saturated heterocycles. The van der Waals surface area contributed by atoms with E-state index in [9.17, 15) is 17.4 Å². The summed E-state index contributed by atoms with van der Waals surface area (Å²) in [5, 5.41) is 2.81. The largest absolute Gasteiger partial charge is 0.326 e. The van der Waals surface area contributed by atoms with Crippen molar-refractivity contribution in [1.82, 2.24) is 4.31 Å². The molecule has 0 aromatic heterocycles. The number of hydrogen-bond donors (Lipinski definition) is 1. The van der Waals surface area contributed by atoms with E-state index in [4.69, 9.17) is 0 Å². The molecule has 1 N–H and O–H groups in total. The zero-order chi connectivity index (χ0) is 20.9. The van der Waals surface area contributed by atoms with Gasteiger partial charge in [-0.2, -0.15) is 4.31 Å². The SMILES string of the molecule is CS(=O)c1cccc(NC(=O)CCc2ccc(S(=O)(=O)N3CCCCC3)cc2)c1. The van der Waals surface area contributed by atoms with Crippen molar-refractivity contribution in [3.8, 4) is 0 Å². The Labute approximate surface area is 174 Å². The van der Waals surface area contributed by atoms with Crippen LogP contribution in [0.5, 0.6) is 0 Å². The molecule has 1 aliphatic heterocycles. The van der Waals surface area contributed by atoms with Gasteiger partial charge in [-0.05, 0) is 55.2 Å². The molecule has 0 bridgehead atoms. The molecule has 0 saturated carbocycles. The van der Waals surface area contributed by atoms with Crippen LogP contribution < -0.4 is 5.32 Å². The normalized spacial score (nSPS) is 16.3. The Kier molecular flexibility index (Phi) is 7.21. The van der Waals surface area contributed by atoms with Crippen molar-refractivity contribution in [3.63, 3.8) is 0 Å². The third kappa shape index (κ3) is 5.74. The van der Waals surface area contributed by atoms with E-state index in [1.54, 1.807) is 59.1 Å². The Morgan fingerprint density at radius 3 is 2.41 bits per heavy atom. The number of piperidine rings is 1. The minimum Gasteiger partial charge on any atom is -0.326 e. The van der Waals surface area contributed by atoms with Gasteiger partial charge in [0.15, 0.2) is 0 Å². The number of carbonyl (C=O) groups excluding carboxylic acids is 1. The summed E-state index contributed by atoms with van der Waals surface area (Å²) in [6.07, 6.45) is 5.27. The minimum atomic E-state index is -3.43. The fourth-order valence-corrected chi connectivity index (χ4v) is 5.40. The molecule has 1 heterocycles. The second-order valence-electron chi connectivity index (χ2n) is 7.14. The predicted molar refractivity (Wildman–Crippen MR) is 115 cm³/mol. The van der Waals surface area contributed by atoms with Crippen LogP contribution in [0.4, 0.5) is 5.69 Å². The first kappa shape index (κ1) is 21.7. The van der Waals surface area contributed by atoms with Crippen molar-refractivity contribution in [2.45, 2.75) is 41.9 Å². The molecular formula is C21H26N2O4S2. The molecule has 6 nitrogen and oxygen atoms in total. The molecule has 1 unspecified atom stereocenters. The van der Waals surface area contributed by atoms with E-state index in [0.29, 0.717) is 35.0 Å². The fraction of sp³-hybridized carbons (Fsp3) is 0.381. The summed E-state index contributed by atoms with van der Waals surface area (Å²) in [5.41, 5.74) is 1.52. The molecule has 0 aliphatic carbocycles. The summed E-state index contributed by atoms with van der Waals surface area (Å²) in [6, 6.07) is 13.8. The van der Waals surface area contributed by atoms with Crippen LogP contribution in [0.15, 0.2) is 58.3 Å². The topological polar surface area (TPSA) is 83.5 Å². The van der Waals surface area contributed by atoms with E-state index < -0.39 is 20.8 Å². The van der Waals surface area contributed by atoms with E-state index in [2.05, 4.69) is 5.32 Å². The number of amides is 1. The van der Waals surface area contributed by atoms with Gasteiger partial charge in [0.2, 0.25) is 15.9 Å². The van der Waals surface area contributed by atoms with Crippen molar-refractivity contribution in [2.24, 2.45) is 0 Å². The molecule has 156 valence electrons. The first-order valence-electron chi connectivity index (χ1n) is 9.69. The summed E-state index contributed by atoms with van der Waals surface area (Å²) in [4.78, 5) is 13.2. The summed E-state index contributed by atoms with van der Waals surface area (Å²) in [5.74, 6) is -0.144. The van der Waals surface area contributed by atoms with E-state index in [0.717, 1.165) is 24.8 Å². The average molecular weight is 435 g/mol.